The van der Waals surface area contributed by atoms with E-state index in [-0.39, 0.29) is 17.4 Å². The highest BCUT2D eigenvalue weighted by Gasteiger charge is 2.46. The minimum Gasteiger partial charge on any atom is -0.414 e. The van der Waals surface area contributed by atoms with Crippen LogP contribution < -0.4 is 0 Å². The van der Waals surface area contributed by atoms with E-state index in [1.54, 1.807) is 14.2 Å². The van der Waals surface area contributed by atoms with E-state index in [2.05, 4.69) is 33.9 Å². The molecule has 4 nitrogen and oxygen atoms in total. The first-order chi connectivity index (χ1) is 9.03. The number of hydrogen-bond donors (Lipinski definition) is 1. The second-order valence-corrected chi connectivity index (χ2v) is 12.3. The van der Waals surface area contributed by atoms with Gasteiger partial charge in [-0.15, -0.1) is 0 Å². The first-order valence-electron chi connectivity index (χ1n) is 7.49. The van der Waals surface area contributed by atoms with Gasteiger partial charge in [-0.05, 0) is 31.0 Å². The Bertz CT molecular complexity index is 303. The summed E-state index contributed by atoms with van der Waals surface area (Å²) >= 11 is 0. The Morgan fingerprint density at radius 2 is 1.65 bits per heavy atom. The van der Waals surface area contributed by atoms with Gasteiger partial charge in [0.05, 0.1) is 11.7 Å². The van der Waals surface area contributed by atoms with Crippen LogP contribution in [0.15, 0.2) is 0 Å². The zero-order valence-corrected chi connectivity index (χ0v) is 15.2. The molecule has 1 atom stereocenters. The molecular formula is C15H32O4Si. The summed E-state index contributed by atoms with van der Waals surface area (Å²) in [4.78, 5) is 0. The van der Waals surface area contributed by atoms with E-state index in [9.17, 15) is 5.11 Å². The molecule has 0 bridgehead atoms. The molecule has 1 rings (SSSR count). The molecule has 0 aromatic rings. The molecule has 0 saturated heterocycles. The minimum absolute atomic E-state index is 0.00621. The third kappa shape index (κ3) is 5.11. The number of ether oxygens (including phenoxy) is 2. The Labute approximate surface area is 124 Å². The summed E-state index contributed by atoms with van der Waals surface area (Å²) in [7, 11) is 1.43. The normalized spacial score (nSPS) is 20.2. The van der Waals surface area contributed by atoms with Gasteiger partial charge in [-0.1, -0.05) is 20.8 Å². The Morgan fingerprint density at radius 1 is 1.15 bits per heavy atom. The fourth-order valence-electron chi connectivity index (χ4n) is 2.04. The highest BCUT2D eigenvalue weighted by atomic mass is 28.4. The average molecular weight is 305 g/mol. The van der Waals surface area contributed by atoms with Gasteiger partial charge in [0.2, 0.25) is 0 Å². The van der Waals surface area contributed by atoms with Crippen LogP contribution in [0.1, 0.15) is 46.5 Å². The lowest BCUT2D eigenvalue weighted by molar-refractivity contribution is -0.124. The van der Waals surface area contributed by atoms with Crippen molar-refractivity contribution in [3.63, 3.8) is 0 Å². The van der Waals surface area contributed by atoms with Gasteiger partial charge in [-0.2, -0.15) is 0 Å². The van der Waals surface area contributed by atoms with E-state index in [1.807, 2.05) is 0 Å². The van der Waals surface area contributed by atoms with Crippen molar-refractivity contribution in [1.29, 1.82) is 0 Å². The Kier molecular flexibility index (Phi) is 5.83. The molecule has 0 amide bonds. The fourth-order valence-corrected chi connectivity index (χ4v) is 3.41. The molecule has 0 aromatic heterocycles. The van der Waals surface area contributed by atoms with Crippen LogP contribution in [0.3, 0.4) is 0 Å². The molecule has 0 aromatic carbocycles. The molecule has 0 heterocycles. The van der Waals surface area contributed by atoms with Crippen molar-refractivity contribution in [1.82, 2.24) is 0 Å². The third-order valence-electron chi connectivity index (χ3n) is 4.68. The summed E-state index contributed by atoms with van der Waals surface area (Å²) in [6, 6.07) is 0. The molecule has 20 heavy (non-hydrogen) atoms. The number of rotatable bonds is 8. The lowest BCUT2D eigenvalue weighted by Gasteiger charge is -2.40. The third-order valence-corrected chi connectivity index (χ3v) is 9.22. The lowest BCUT2D eigenvalue weighted by atomic mass is 10.1. The monoisotopic (exact) mass is 304 g/mol. The summed E-state index contributed by atoms with van der Waals surface area (Å²) in [5.41, 5.74) is -0.515. The molecular weight excluding hydrogens is 272 g/mol. The van der Waals surface area contributed by atoms with Crippen molar-refractivity contribution < 1.29 is 19.0 Å². The van der Waals surface area contributed by atoms with E-state index in [0.717, 1.165) is 12.8 Å². The summed E-state index contributed by atoms with van der Waals surface area (Å²) in [6.45, 7) is 11.2. The largest absolute Gasteiger partial charge is 0.414 e. The first-order valence-corrected chi connectivity index (χ1v) is 10.4. The van der Waals surface area contributed by atoms with Crippen molar-refractivity contribution in [2.75, 3.05) is 14.2 Å². The molecule has 5 heteroatoms. The van der Waals surface area contributed by atoms with Crippen molar-refractivity contribution in [3.05, 3.63) is 0 Å². The molecule has 1 N–H and O–H groups in total. The predicted octanol–water partition coefficient (Wildman–Crippen LogP) is 3.30. The average Bonchev–Trinajstić information content (AvgIpc) is 3.01. The molecule has 0 aliphatic heterocycles. The molecule has 120 valence electrons. The van der Waals surface area contributed by atoms with Crippen LogP contribution in [0, 0.1) is 0 Å². The predicted molar refractivity (Wildman–Crippen MR) is 83.3 cm³/mol. The Hall–Kier alpha value is 0.0569. The van der Waals surface area contributed by atoms with E-state index >= 15 is 0 Å². The van der Waals surface area contributed by atoms with Crippen LogP contribution in [0.4, 0.5) is 0 Å². The zero-order chi connectivity index (χ0) is 15.6. The molecule has 0 spiro atoms. The van der Waals surface area contributed by atoms with E-state index in [0.29, 0.717) is 12.8 Å². The summed E-state index contributed by atoms with van der Waals surface area (Å²) < 4.78 is 17.1. The van der Waals surface area contributed by atoms with Crippen LogP contribution in [0.25, 0.3) is 0 Å². The quantitative estimate of drug-likeness (QED) is 0.552. The van der Waals surface area contributed by atoms with Gasteiger partial charge in [0.15, 0.2) is 14.6 Å². The number of methoxy groups -OCH3 is 2. The van der Waals surface area contributed by atoms with Gasteiger partial charge >= 0.3 is 0 Å². The van der Waals surface area contributed by atoms with E-state index in [4.69, 9.17) is 13.9 Å². The first kappa shape index (κ1) is 18.1. The van der Waals surface area contributed by atoms with Gasteiger partial charge < -0.3 is 19.0 Å². The second kappa shape index (κ2) is 6.44. The SMILES string of the molecule is COC(CC(CC1(O)CC1)O[Si](C)(C)C(C)(C)C)OC. The van der Waals surface area contributed by atoms with Crippen LogP contribution in [0.5, 0.6) is 0 Å². The number of aliphatic hydroxyl groups is 1. The standard InChI is InChI=1S/C15H32O4Si/c1-14(2,3)20(6,7)19-12(10-13(17-4)18-5)11-15(16)8-9-15/h12-13,16H,8-11H2,1-7H3. The van der Waals surface area contributed by atoms with Gasteiger partial charge in [0, 0.05) is 27.1 Å². The summed E-state index contributed by atoms with van der Waals surface area (Å²) in [5, 5.41) is 10.4. The van der Waals surface area contributed by atoms with Crippen molar-refractivity contribution in [2.45, 2.75) is 82.6 Å². The topological polar surface area (TPSA) is 47.9 Å². The van der Waals surface area contributed by atoms with Crippen LogP contribution in [-0.4, -0.2) is 45.6 Å². The zero-order valence-electron chi connectivity index (χ0n) is 14.2. The molecule has 1 aliphatic carbocycles. The minimum atomic E-state index is -1.85. The van der Waals surface area contributed by atoms with Crippen molar-refractivity contribution in [3.8, 4) is 0 Å². The maximum Gasteiger partial charge on any atom is 0.192 e. The van der Waals surface area contributed by atoms with Gasteiger partial charge in [0.1, 0.15) is 0 Å². The maximum atomic E-state index is 10.2. The van der Waals surface area contributed by atoms with E-state index < -0.39 is 13.9 Å². The molecule has 1 aliphatic rings. The fraction of sp³-hybridized carbons (Fsp3) is 1.00. The van der Waals surface area contributed by atoms with Crippen LogP contribution in [0.2, 0.25) is 18.1 Å². The van der Waals surface area contributed by atoms with Gasteiger partial charge in [-0.25, -0.2) is 0 Å². The smallest absolute Gasteiger partial charge is 0.192 e. The summed E-state index contributed by atoms with van der Waals surface area (Å²) in [6.07, 6.45) is 2.84. The van der Waals surface area contributed by atoms with Crippen LogP contribution >= 0.6 is 0 Å². The summed E-state index contributed by atoms with van der Waals surface area (Å²) in [5.74, 6) is 0. The molecule has 1 fully saturated rings. The van der Waals surface area contributed by atoms with Crippen molar-refractivity contribution >= 4 is 8.32 Å². The second-order valence-electron chi connectivity index (χ2n) is 7.57. The van der Waals surface area contributed by atoms with Gasteiger partial charge in [-0.3, -0.25) is 0 Å². The molecule has 1 unspecified atom stereocenters. The van der Waals surface area contributed by atoms with Crippen molar-refractivity contribution in [2.24, 2.45) is 0 Å². The van der Waals surface area contributed by atoms with Crippen LogP contribution in [-0.2, 0) is 13.9 Å². The highest BCUT2D eigenvalue weighted by Crippen LogP contribution is 2.43. The maximum absolute atomic E-state index is 10.2. The Morgan fingerprint density at radius 3 is 2.00 bits per heavy atom. The van der Waals surface area contributed by atoms with Gasteiger partial charge in [0.25, 0.3) is 0 Å². The number of hydrogen-bond acceptors (Lipinski definition) is 4. The highest BCUT2D eigenvalue weighted by molar-refractivity contribution is 6.74. The lowest BCUT2D eigenvalue weighted by Crippen LogP contribution is -2.45. The van der Waals surface area contributed by atoms with E-state index in [1.165, 1.54) is 0 Å². The molecule has 1 saturated carbocycles. The molecule has 0 radical (unpaired) electrons. The Balaban J connectivity index is 2.71.